The van der Waals surface area contributed by atoms with Gasteiger partial charge in [0.15, 0.2) is 11.2 Å². The van der Waals surface area contributed by atoms with Crippen LogP contribution in [0.15, 0.2) is 69.0 Å². The largest absolute Gasteiger partial charge is 0.332 e. The Bertz CT molecular complexity index is 1730. The summed E-state index contributed by atoms with van der Waals surface area (Å²) in [6.07, 6.45) is 1.69. The molecule has 5 rings (SSSR count). The van der Waals surface area contributed by atoms with Gasteiger partial charge >= 0.3 is 5.69 Å². The molecule has 0 aliphatic heterocycles. The van der Waals surface area contributed by atoms with Crippen LogP contribution in [-0.4, -0.2) is 23.1 Å². The van der Waals surface area contributed by atoms with Crippen LogP contribution in [0.3, 0.4) is 0 Å². The third kappa shape index (κ3) is 2.99. The Morgan fingerprint density at radius 1 is 0.906 bits per heavy atom. The van der Waals surface area contributed by atoms with E-state index < -0.39 is 11.2 Å². The van der Waals surface area contributed by atoms with Gasteiger partial charge in [-0.25, -0.2) is 4.79 Å². The molecule has 0 spiro atoms. The Morgan fingerprint density at radius 3 is 2.28 bits per heavy atom. The van der Waals surface area contributed by atoms with E-state index >= 15 is 0 Å². The molecule has 3 heterocycles. The molecule has 3 aromatic heterocycles. The monoisotopic (exact) mass is 447 g/mol. The van der Waals surface area contributed by atoms with Gasteiger partial charge in [-0.1, -0.05) is 54.1 Å². The maximum absolute atomic E-state index is 13.5. The van der Waals surface area contributed by atoms with Crippen molar-refractivity contribution in [1.29, 1.82) is 0 Å². The average Bonchev–Trinajstić information content (AvgIpc) is 3.30. The van der Waals surface area contributed by atoms with Crippen LogP contribution in [0.2, 0.25) is 5.02 Å². The molecule has 0 aliphatic rings. The third-order valence-electron chi connectivity index (χ3n) is 5.54. The van der Waals surface area contributed by atoms with Crippen molar-refractivity contribution in [3.63, 3.8) is 0 Å². The van der Waals surface area contributed by atoms with Gasteiger partial charge in [-0.05, 0) is 29.3 Å². The first-order valence-electron chi connectivity index (χ1n) is 9.88. The fourth-order valence-corrected chi connectivity index (χ4v) is 4.00. The zero-order chi connectivity index (χ0) is 22.6. The molecule has 5 aromatic rings. The third-order valence-corrected chi connectivity index (χ3v) is 5.80. The maximum atomic E-state index is 13.5. The summed E-state index contributed by atoms with van der Waals surface area (Å²) in [7, 11) is 2.96. The molecule has 0 amide bonds. The van der Waals surface area contributed by atoms with Crippen molar-refractivity contribution in [3.05, 3.63) is 107 Å². The fraction of sp³-hybridized carbons (Fsp3) is 0.130. The topological polar surface area (TPSA) is 83.3 Å². The minimum atomic E-state index is -0.516. The number of benzene rings is 2. The first-order chi connectivity index (χ1) is 15.4. The number of aromatic nitrogens is 5. The first-order valence-corrected chi connectivity index (χ1v) is 10.3. The zero-order valence-electron chi connectivity index (χ0n) is 17.3. The molecule has 0 fully saturated rings. The van der Waals surface area contributed by atoms with Crippen molar-refractivity contribution >= 4 is 34.6 Å². The molecular weight excluding hydrogens is 430 g/mol. The van der Waals surface area contributed by atoms with Gasteiger partial charge in [0, 0.05) is 19.1 Å². The van der Waals surface area contributed by atoms with Gasteiger partial charge in [0.05, 0.1) is 6.54 Å². The van der Waals surface area contributed by atoms with E-state index in [1.54, 1.807) is 37.4 Å². The Hall–Kier alpha value is -3.91. The van der Waals surface area contributed by atoms with Crippen LogP contribution >= 0.6 is 11.6 Å². The van der Waals surface area contributed by atoms with Gasteiger partial charge in [0.25, 0.3) is 11.1 Å². The normalized spacial score (nSPS) is 12.3. The predicted octanol–water partition coefficient (Wildman–Crippen LogP) is 1.30. The summed E-state index contributed by atoms with van der Waals surface area (Å²) in [6, 6.07) is 16.5. The minimum absolute atomic E-state index is 0.175. The quantitative estimate of drug-likeness (QED) is 0.417. The van der Waals surface area contributed by atoms with Gasteiger partial charge in [-0.3, -0.25) is 27.7 Å². The molecule has 9 heteroatoms. The van der Waals surface area contributed by atoms with E-state index in [1.165, 1.54) is 20.6 Å². The number of rotatable bonds is 3. The number of nitrogens with zero attached hydrogens (tertiary/aromatic N) is 5. The highest BCUT2D eigenvalue weighted by molar-refractivity contribution is 6.30. The van der Waals surface area contributed by atoms with E-state index in [9.17, 15) is 14.4 Å². The molecule has 32 heavy (non-hydrogen) atoms. The summed E-state index contributed by atoms with van der Waals surface area (Å²) in [6.45, 7) is 0.273. The number of hydrogen-bond donors (Lipinski definition) is 0. The molecule has 8 nitrogen and oxygen atoms in total. The van der Waals surface area contributed by atoms with Crippen molar-refractivity contribution < 1.29 is 0 Å². The number of fused-ring (bicyclic) bond motifs is 3. The van der Waals surface area contributed by atoms with Crippen LogP contribution in [0.25, 0.3) is 23.0 Å². The van der Waals surface area contributed by atoms with Crippen LogP contribution in [-0.2, 0) is 20.6 Å². The second-order valence-electron chi connectivity index (χ2n) is 7.58. The van der Waals surface area contributed by atoms with Crippen molar-refractivity contribution in [1.82, 2.24) is 23.1 Å². The summed E-state index contributed by atoms with van der Waals surface area (Å²) in [5.74, 6) is 0.298. The van der Waals surface area contributed by atoms with Crippen molar-refractivity contribution in [2.45, 2.75) is 6.54 Å². The lowest BCUT2D eigenvalue weighted by Gasteiger charge is -2.02. The molecular formula is C23H18ClN5O3. The predicted molar refractivity (Wildman–Crippen MR) is 123 cm³/mol. The summed E-state index contributed by atoms with van der Waals surface area (Å²) in [4.78, 5) is 43.5. The highest BCUT2D eigenvalue weighted by atomic mass is 35.5. The molecule has 0 unspecified atom stereocenters. The van der Waals surface area contributed by atoms with Gasteiger partial charge in [0.2, 0.25) is 5.78 Å². The summed E-state index contributed by atoms with van der Waals surface area (Å²) in [5.41, 5.74) is 0.767. The van der Waals surface area contributed by atoms with Crippen molar-refractivity contribution in [3.8, 4) is 0 Å². The molecule has 160 valence electrons. The SMILES string of the molecule is Cn1c(=O)c2c(nc3n(Cc4ccccc4)c(=O)c(=Cc4ccc(Cl)cc4)n23)n(C)c1=O. The summed E-state index contributed by atoms with van der Waals surface area (Å²) < 4.78 is 5.38. The fourth-order valence-electron chi connectivity index (χ4n) is 3.87. The Morgan fingerprint density at radius 2 is 1.59 bits per heavy atom. The van der Waals surface area contributed by atoms with Crippen LogP contribution < -0.4 is 22.2 Å². The molecule has 0 bridgehead atoms. The van der Waals surface area contributed by atoms with Gasteiger partial charge in [-0.2, -0.15) is 4.98 Å². The van der Waals surface area contributed by atoms with Gasteiger partial charge < -0.3 is 0 Å². The molecule has 0 radical (unpaired) electrons. The van der Waals surface area contributed by atoms with Crippen molar-refractivity contribution in [2.75, 3.05) is 0 Å². The van der Waals surface area contributed by atoms with Gasteiger partial charge in [0.1, 0.15) is 5.35 Å². The minimum Gasteiger partial charge on any atom is -0.279 e. The van der Waals surface area contributed by atoms with Crippen molar-refractivity contribution in [2.24, 2.45) is 14.1 Å². The second-order valence-corrected chi connectivity index (χ2v) is 8.02. The lowest BCUT2D eigenvalue weighted by molar-refractivity contribution is 0.707. The van der Waals surface area contributed by atoms with Crippen LogP contribution in [0, 0.1) is 0 Å². The van der Waals surface area contributed by atoms with E-state index in [-0.39, 0.29) is 28.6 Å². The van der Waals surface area contributed by atoms with Crippen LogP contribution in [0.1, 0.15) is 11.1 Å². The summed E-state index contributed by atoms with van der Waals surface area (Å²) in [5, 5.41) is 0.852. The van der Waals surface area contributed by atoms with Crippen LogP contribution in [0.5, 0.6) is 0 Å². The highest BCUT2D eigenvalue weighted by Crippen LogP contribution is 2.12. The zero-order valence-corrected chi connectivity index (χ0v) is 18.1. The lowest BCUT2D eigenvalue weighted by Crippen LogP contribution is -2.39. The Kier molecular flexibility index (Phi) is 4.60. The first kappa shape index (κ1) is 20.0. The molecule has 0 saturated carbocycles. The highest BCUT2D eigenvalue weighted by Gasteiger charge is 2.21. The smallest absolute Gasteiger partial charge is 0.279 e. The molecule has 0 N–H and O–H groups in total. The van der Waals surface area contributed by atoms with E-state index in [0.29, 0.717) is 10.8 Å². The van der Waals surface area contributed by atoms with Gasteiger partial charge in [-0.15, -0.1) is 0 Å². The Balaban J connectivity index is 1.94. The number of hydrogen-bond acceptors (Lipinski definition) is 4. The lowest BCUT2D eigenvalue weighted by atomic mass is 10.2. The molecule has 2 aromatic carbocycles. The van der Waals surface area contributed by atoms with E-state index in [2.05, 4.69) is 4.98 Å². The second kappa shape index (κ2) is 7.35. The molecule has 0 aliphatic carbocycles. The maximum Gasteiger partial charge on any atom is 0.332 e. The molecule has 0 saturated heterocycles. The van der Waals surface area contributed by atoms with E-state index in [0.717, 1.165) is 15.7 Å². The Labute approximate surface area is 185 Å². The number of halogens is 1. The number of aryl methyl sites for hydroxylation is 1. The van der Waals surface area contributed by atoms with E-state index in [4.69, 9.17) is 11.6 Å². The standard InChI is InChI=1S/C23H18ClN5O3/c1-26-19-18(21(31)27(2)23(26)32)29-17(12-14-8-10-16(24)11-9-14)20(30)28(22(29)25-19)13-15-6-4-3-5-7-15/h3-12H,13H2,1-2H3. The average molecular weight is 448 g/mol. The number of imidazole rings is 2. The van der Waals surface area contributed by atoms with E-state index in [1.807, 2.05) is 30.3 Å². The van der Waals surface area contributed by atoms with Crippen LogP contribution in [0.4, 0.5) is 0 Å². The summed E-state index contributed by atoms with van der Waals surface area (Å²) >= 11 is 6.00. The molecule has 0 atom stereocenters.